The highest BCUT2D eigenvalue weighted by Gasteiger charge is 2.63. The molecule has 0 N–H and O–H groups in total. The van der Waals surface area contributed by atoms with E-state index < -0.39 is 0 Å². The summed E-state index contributed by atoms with van der Waals surface area (Å²) in [4.78, 5) is 8.44. The molecule has 4 unspecified atom stereocenters. The number of para-hydroxylation sites is 1. The van der Waals surface area contributed by atoms with Crippen LogP contribution in [0.15, 0.2) is 146 Å². The normalized spacial score (nSPS) is 25.0. The van der Waals surface area contributed by atoms with Crippen molar-refractivity contribution >= 4 is 62.9 Å². The number of aryl methyl sites for hydroxylation is 1. The third-order valence-corrected chi connectivity index (χ3v) is 18.9. The number of nitrogens with zero attached hydrogens (tertiary/aromatic N) is 3. The molecule has 1 fully saturated rings. The Morgan fingerprint density at radius 3 is 1.94 bits per heavy atom. The first-order chi connectivity index (χ1) is 32.5. The molecule has 13 rings (SSSR count). The Morgan fingerprint density at radius 1 is 0.471 bits per heavy atom. The molecule has 3 nitrogen and oxygen atoms in total. The SMILES string of the molecule is CC(C)(C)c1cccc(N2c3cc(C(C)(C)C)ccc3B3c4cc(-c5ccccc5)cc5c4N(c4cc(N6c7ccccc7C7(C)CCc8ccccc8C67C)cc2c43)C2(C)CCCCC52C)c1. The number of fused-ring (bicyclic) bond motifs is 12. The Bertz CT molecular complexity index is 3260. The molecule has 340 valence electrons. The van der Waals surface area contributed by atoms with Crippen molar-refractivity contribution in [3.63, 3.8) is 0 Å². The number of hydrogen-bond donors (Lipinski definition) is 0. The number of anilines is 7. The molecule has 7 aromatic carbocycles. The van der Waals surface area contributed by atoms with Crippen LogP contribution in [0.4, 0.5) is 39.8 Å². The van der Waals surface area contributed by atoms with Crippen LogP contribution in [0.1, 0.15) is 135 Å². The predicted molar refractivity (Wildman–Crippen MR) is 289 cm³/mol. The van der Waals surface area contributed by atoms with Gasteiger partial charge in [0.2, 0.25) is 0 Å². The van der Waals surface area contributed by atoms with E-state index in [0.717, 1.165) is 19.3 Å². The van der Waals surface area contributed by atoms with Crippen molar-refractivity contribution in [2.75, 3.05) is 14.7 Å². The fraction of sp³-hybridized carbons (Fsp3) is 0.344. The first kappa shape index (κ1) is 42.1. The number of rotatable bonds is 3. The number of benzene rings is 7. The molecule has 0 amide bonds. The zero-order chi connectivity index (χ0) is 46.9. The Hall–Kier alpha value is -6.00. The molecule has 7 aromatic rings. The summed E-state index contributed by atoms with van der Waals surface area (Å²) in [5.74, 6) is 0. The quantitative estimate of drug-likeness (QED) is 0.164. The summed E-state index contributed by atoms with van der Waals surface area (Å²) in [6.07, 6.45) is 7.01. The van der Waals surface area contributed by atoms with Crippen molar-refractivity contribution in [2.45, 2.75) is 141 Å². The van der Waals surface area contributed by atoms with E-state index in [9.17, 15) is 0 Å². The lowest BCUT2D eigenvalue weighted by molar-refractivity contribution is 0.195. The van der Waals surface area contributed by atoms with E-state index in [0.29, 0.717) is 0 Å². The van der Waals surface area contributed by atoms with Crippen LogP contribution >= 0.6 is 0 Å². The van der Waals surface area contributed by atoms with Crippen molar-refractivity contribution < 1.29 is 0 Å². The Balaban J connectivity index is 1.19. The summed E-state index contributed by atoms with van der Waals surface area (Å²) in [5, 5.41) is 0. The molecule has 1 saturated carbocycles. The molecule has 0 radical (unpaired) electrons. The summed E-state index contributed by atoms with van der Waals surface area (Å²) in [6.45, 7) is 24.6. The van der Waals surface area contributed by atoms with Gasteiger partial charge in [0.1, 0.15) is 0 Å². The average molecular weight is 888 g/mol. The highest BCUT2D eigenvalue weighted by molar-refractivity contribution is 7.00. The van der Waals surface area contributed by atoms with E-state index in [-0.39, 0.29) is 39.5 Å². The largest absolute Gasteiger partial charge is 0.335 e. The maximum absolute atomic E-state index is 2.93. The molecular formula is C64H66BN3. The lowest BCUT2D eigenvalue weighted by Gasteiger charge is -2.54. The monoisotopic (exact) mass is 888 g/mol. The second-order valence-corrected chi connectivity index (χ2v) is 24.4. The molecule has 0 aromatic heterocycles. The van der Waals surface area contributed by atoms with Crippen LogP contribution in [-0.2, 0) is 33.6 Å². The summed E-state index contributed by atoms with van der Waals surface area (Å²) in [7, 11) is 0. The smallest absolute Gasteiger partial charge is 0.252 e. The van der Waals surface area contributed by atoms with Crippen molar-refractivity contribution in [1.29, 1.82) is 0 Å². The van der Waals surface area contributed by atoms with Crippen LogP contribution in [0.5, 0.6) is 0 Å². The minimum atomic E-state index is -0.328. The fourth-order valence-electron chi connectivity index (χ4n) is 14.8. The Kier molecular flexibility index (Phi) is 8.57. The van der Waals surface area contributed by atoms with Crippen LogP contribution in [0.25, 0.3) is 11.1 Å². The van der Waals surface area contributed by atoms with Crippen molar-refractivity contribution in [2.24, 2.45) is 0 Å². The molecule has 0 bridgehead atoms. The fourth-order valence-corrected chi connectivity index (χ4v) is 14.8. The first-order valence-electron chi connectivity index (χ1n) is 25.7. The molecular weight excluding hydrogens is 822 g/mol. The minimum Gasteiger partial charge on any atom is -0.335 e. The van der Waals surface area contributed by atoms with Gasteiger partial charge >= 0.3 is 0 Å². The lowest BCUT2D eigenvalue weighted by atomic mass is 9.33. The predicted octanol–water partition coefficient (Wildman–Crippen LogP) is 14.6. The zero-order valence-corrected chi connectivity index (χ0v) is 42.0. The number of hydrogen-bond acceptors (Lipinski definition) is 3. The highest BCUT2D eigenvalue weighted by Crippen LogP contribution is 2.66. The Morgan fingerprint density at radius 2 is 1.16 bits per heavy atom. The van der Waals surface area contributed by atoms with Gasteiger partial charge in [-0.2, -0.15) is 0 Å². The molecule has 4 heteroatoms. The summed E-state index contributed by atoms with van der Waals surface area (Å²) >= 11 is 0. The molecule has 6 aliphatic rings. The van der Waals surface area contributed by atoms with E-state index in [2.05, 4.69) is 230 Å². The van der Waals surface area contributed by atoms with Gasteiger partial charge in [-0.15, -0.1) is 0 Å². The standard InChI is InChI=1S/C64H66BN3/c1-59(2,3)44-24-20-25-46(37-44)66-54-38-45(60(4,5)6)29-30-51(54)65-52-36-43(41-21-12-11-13-22-41)35-50-58(52)68(63(9)33-19-18-32-61(50,63)7)56-40-47(39-55(66)57(56)65)67-53-28-17-16-27-49(53)62(8)34-31-42-23-14-15-26-48(42)64(62,67)10/h11-17,20-30,35-40H,18-19,31-34H2,1-10H3. The molecule has 2 aliphatic carbocycles. The first-order valence-corrected chi connectivity index (χ1v) is 25.7. The maximum Gasteiger partial charge on any atom is 0.252 e. The van der Waals surface area contributed by atoms with Gasteiger partial charge < -0.3 is 14.7 Å². The van der Waals surface area contributed by atoms with Gasteiger partial charge in [0, 0.05) is 50.6 Å². The van der Waals surface area contributed by atoms with Crippen LogP contribution in [0.2, 0.25) is 0 Å². The average Bonchev–Trinajstić information content (AvgIpc) is 3.68. The zero-order valence-electron chi connectivity index (χ0n) is 42.0. The summed E-state index contributed by atoms with van der Waals surface area (Å²) in [5.41, 5.74) is 24.2. The molecule has 68 heavy (non-hydrogen) atoms. The molecule has 4 heterocycles. The summed E-state index contributed by atoms with van der Waals surface area (Å²) < 4.78 is 0. The van der Waals surface area contributed by atoms with Gasteiger partial charge in [-0.3, -0.25) is 0 Å². The Labute approximate surface area is 406 Å². The third kappa shape index (κ3) is 5.33. The van der Waals surface area contributed by atoms with Crippen molar-refractivity contribution in [3.05, 3.63) is 179 Å². The second-order valence-electron chi connectivity index (χ2n) is 24.4. The van der Waals surface area contributed by atoms with Gasteiger partial charge in [-0.05, 0) is 154 Å². The van der Waals surface area contributed by atoms with Crippen LogP contribution in [-0.4, -0.2) is 12.3 Å². The van der Waals surface area contributed by atoms with E-state index in [1.807, 2.05) is 0 Å². The van der Waals surface area contributed by atoms with Crippen LogP contribution < -0.4 is 31.1 Å². The molecule has 4 atom stereocenters. The second kappa shape index (κ2) is 13.8. The van der Waals surface area contributed by atoms with Gasteiger partial charge in [0.25, 0.3) is 6.71 Å². The van der Waals surface area contributed by atoms with Gasteiger partial charge in [0.05, 0.1) is 11.1 Å². The molecule has 0 saturated heterocycles. The van der Waals surface area contributed by atoms with Crippen LogP contribution in [0, 0.1) is 0 Å². The highest BCUT2D eigenvalue weighted by atomic mass is 15.3. The summed E-state index contributed by atoms with van der Waals surface area (Å²) in [6, 6.07) is 57.6. The molecule has 0 spiro atoms. The van der Waals surface area contributed by atoms with E-state index in [4.69, 9.17) is 0 Å². The minimum absolute atomic E-state index is 0.0167. The van der Waals surface area contributed by atoms with Crippen molar-refractivity contribution in [3.8, 4) is 11.1 Å². The van der Waals surface area contributed by atoms with Gasteiger partial charge in [-0.25, -0.2) is 0 Å². The third-order valence-electron chi connectivity index (χ3n) is 18.9. The van der Waals surface area contributed by atoms with E-state index in [1.165, 1.54) is 120 Å². The van der Waals surface area contributed by atoms with E-state index in [1.54, 1.807) is 0 Å². The maximum atomic E-state index is 2.93. The molecule has 4 aliphatic heterocycles. The van der Waals surface area contributed by atoms with Crippen LogP contribution in [0.3, 0.4) is 0 Å². The topological polar surface area (TPSA) is 9.72 Å². The van der Waals surface area contributed by atoms with Crippen molar-refractivity contribution in [1.82, 2.24) is 0 Å². The van der Waals surface area contributed by atoms with Gasteiger partial charge in [0.15, 0.2) is 0 Å². The lowest BCUT2D eigenvalue weighted by Crippen LogP contribution is -2.64. The van der Waals surface area contributed by atoms with Gasteiger partial charge in [-0.1, -0.05) is 171 Å². The van der Waals surface area contributed by atoms with E-state index >= 15 is 0 Å².